The van der Waals surface area contributed by atoms with E-state index in [1.807, 2.05) is 43.5 Å². The van der Waals surface area contributed by atoms with Crippen LogP contribution in [0.25, 0.3) is 22.1 Å². The predicted octanol–water partition coefficient (Wildman–Crippen LogP) is 3.17. The second-order valence-corrected chi connectivity index (χ2v) is 9.56. The zero-order valence-electron chi connectivity index (χ0n) is 19.4. The van der Waals surface area contributed by atoms with Crippen LogP contribution in [0.2, 0.25) is 0 Å². The zero-order chi connectivity index (χ0) is 23.4. The lowest BCUT2D eigenvalue weighted by Crippen LogP contribution is -2.54. The Morgan fingerprint density at radius 3 is 2.82 bits per heavy atom. The summed E-state index contributed by atoms with van der Waals surface area (Å²) in [5.41, 5.74) is 5.80. The van der Waals surface area contributed by atoms with Gasteiger partial charge in [-0.2, -0.15) is 0 Å². The number of fused-ring (bicyclic) bond motifs is 2. The second-order valence-electron chi connectivity index (χ2n) is 9.56. The minimum Gasteiger partial charge on any atom is -0.348 e. The Hall–Kier alpha value is -3.52. The molecule has 6 rings (SSSR count). The number of aromatic nitrogens is 4. The topological polar surface area (TPSA) is 95.9 Å². The first-order valence-corrected chi connectivity index (χ1v) is 12.0. The quantitative estimate of drug-likeness (QED) is 0.465. The molecule has 34 heavy (non-hydrogen) atoms. The van der Waals surface area contributed by atoms with Crippen LogP contribution in [-0.2, 0) is 13.0 Å². The first kappa shape index (κ1) is 21.0. The molecule has 8 heteroatoms. The summed E-state index contributed by atoms with van der Waals surface area (Å²) in [7, 11) is 0. The van der Waals surface area contributed by atoms with Gasteiger partial charge in [-0.05, 0) is 62.1 Å². The van der Waals surface area contributed by atoms with Gasteiger partial charge < -0.3 is 14.9 Å². The Balaban J connectivity index is 1.17. The zero-order valence-corrected chi connectivity index (χ0v) is 19.4. The van der Waals surface area contributed by atoms with E-state index in [4.69, 9.17) is 0 Å². The molecule has 0 aromatic carbocycles. The van der Waals surface area contributed by atoms with Crippen LogP contribution < -0.4 is 10.9 Å². The molecule has 1 saturated heterocycles. The summed E-state index contributed by atoms with van der Waals surface area (Å²) in [6.45, 7) is 5.90. The van der Waals surface area contributed by atoms with Gasteiger partial charge in [-0.25, -0.2) is 4.98 Å². The summed E-state index contributed by atoms with van der Waals surface area (Å²) in [6.07, 6.45) is 6.80. The van der Waals surface area contributed by atoms with Gasteiger partial charge >= 0.3 is 0 Å². The number of carbonyl (C=O) groups excluding carboxylic acids is 1. The van der Waals surface area contributed by atoms with Crippen LogP contribution in [0.15, 0.2) is 47.5 Å². The fourth-order valence-corrected chi connectivity index (χ4v) is 4.89. The van der Waals surface area contributed by atoms with Gasteiger partial charge in [-0.15, -0.1) is 0 Å². The number of aromatic amines is 1. The summed E-state index contributed by atoms with van der Waals surface area (Å²) >= 11 is 0. The standard InChI is InChI=1S/C26H28N6O2/c1-3-17-11-21-22(30-25(17)33)10-16(12-27-21)13-31-14-24(15(31)2)32-9-8-19-23(32)7-6-20(29-19)26(34)28-18-4-5-18/h6-12,15,18,24H,3-5,13-14H2,1-2H3,(H,28,34)(H,30,33)/t15-,24+/m1/s1. The van der Waals surface area contributed by atoms with Gasteiger partial charge in [0.2, 0.25) is 0 Å². The smallest absolute Gasteiger partial charge is 0.270 e. The molecule has 4 aromatic heterocycles. The van der Waals surface area contributed by atoms with Crippen LogP contribution in [0, 0.1) is 0 Å². The fraction of sp³-hybridized carbons (Fsp3) is 0.385. The number of aryl methyl sites for hydroxylation is 1. The van der Waals surface area contributed by atoms with Crippen molar-refractivity contribution >= 4 is 28.0 Å². The Morgan fingerprint density at radius 1 is 1.21 bits per heavy atom. The molecule has 0 unspecified atom stereocenters. The van der Waals surface area contributed by atoms with Crippen LogP contribution in [0.4, 0.5) is 0 Å². The normalized spacial score (nSPS) is 20.5. The molecular weight excluding hydrogens is 428 g/mol. The highest BCUT2D eigenvalue weighted by Crippen LogP contribution is 2.34. The van der Waals surface area contributed by atoms with Crippen molar-refractivity contribution in [3.8, 4) is 0 Å². The number of nitrogens with one attached hydrogen (secondary N) is 2. The summed E-state index contributed by atoms with van der Waals surface area (Å²) in [5, 5.41) is 3.00. The summed E-state index contributed by atoms with van der Waals surface area (Å²) in [4.78, 5) is 39.1. The highest BCUT2D eigenvalue weighted by atomic mass is 16.2. The van der Waals surface area contributed by atoms with Gasteiger partial charge in [0.1, 0.15) is 5.69 Å². The van der Waals surface area contributed by atoms with E-state index < -0.39 is 0 Å². The van der Waals surface area contributed by atoms with Gasteiger partial charge in [0, 0.05) is 43.1 Å². The number of rotatable bonds is 6. The van der Waals surface area contributed by atoms with Crippen LogP contribution in [0.5, 0.6) is 0 Å². The first-order chi connectivity index (χ1) is 16.5. The molecule has 4 aromatic rings. The van der Waals surface area contributed by atoms with Crippen molar-refractivity contribution < 1.29 is 4.79 Å². The Kier molecular flexibility index (Phi) is 4.99. The van der Waals surface area contributed by atoms with Gasteiger partial charge in [-0.1, -0.05) is 6.92 Å². The maximum Gasteiger partial charge on any atom is 0.270 e. The molecule has 0 bridgehead atoms. The van der Waals surface area contributed by atoms with Crippen molar-refractivity contribution in [3.05, 3.63) is 69.9 Å². The summed E-state index contributed by atoms with van der Waals surface area (Å²) in [6, 6.07) is 10.7. The molecule has 2 N–H and O–H groups in total. The Bertz CT molecular complexity index is 1470. The van der Waals surface area contributed by atoms with Crippen LogP contribution in [-0.4, -0.2) is 49.0 Å². The molecule has 1 aliphatic carbocycles. The van der Waals surface area contributed by atoms with Crippen LogP contribution >= 0.6 is 0 Å². The molecule has 1 saturated carbocycles. The number of likely N-dealkylation sites (tertiary alicyclic amines) is 1. The molecular formula is C26H28N6O2. The van der Waals surface area contributed by atoms with Gasteiger partial charge in [0.25, 0.3) is 11.5 Å². The van der Waals surface area contributed by atoms with Gasteiger partial charge in [0.15, 0.2) is 0 Å². The Morgan fingerprint density at radius 2 is 2.06 bits per heavy atom. The molecule has 5 heterocycles. The lowest BCUT2D eigenvalue weighted by molar-refractivity contribution is 0.0299. The van der Waals surface area contributed by atoms with Gasteiger partial charge in [-0.3, -0.25) is 19.5 Å². The average Bonchev–Trinajstić information content (AvgIpc) is 3.57. The third-order valence-electron chi connectivity index (χ3n) is 7.22. The van der Waals surface area contributed by atoms with Crippen molar-refractivity contribution in [3.63, 3.8) is 0 Å². The highest BCUT2D eigenvalue weighted by Gasteiger charge is 2.37. The first-order valence-electron chi connectivity index (χ1n) is 12.0. The van der Waals surface area contributed by atoms with E-state index in [0.29, 0.717) is 30.2 Å². The van der Waals surface area contributed by atoms with Crippen molar-refractivity contribution in [2.45, 2.75) is 57.8 Å². The summed E-state index contributed by atoms with van der Waals surface area (Å²) in [5.74, 6) is -0.0865. The summed E-state index contributed by atoms with van der Waals surface area (Å²) < 4.78 is 2.27. The van der Waals surface area contributed by atoms with E-state index in [9.17, 15) is 9.59 Å². The number of pyridine rings is 3. The third kappa shape index (κ3) is 3.68. The molecule has 2 atom stereocenters. The van der Waals surface area contributed by atoms with E-state index in [1.165, 1.54) is 0 Å². The molecule has 1 amide bonds. The van der Waals surface area contributed by atoms with E-state index >= 15 is 0 Å². The number of amides is 1. The molecule has 174 valence electrons. The minimum atomic E-state index is -0.0865. The number of hydrogen-bond acceptors (Lipinski definition) is 5. The number of hydrogen-bond donors (Lipinski definition) is 2. The number of carbonyl (C=O) groups is 1. The molecule has 1 aliphatic heterocycles. The maximum absolute atomic E-state index is 12.3. The maximum atomic E-state index is 12.3. The number of H-pyrrole nitrogens is 1. The molecule has 0 radical (unpaired) electrons. The van der Waals surface area contributed by atoms with E-state index in [0.717, 1.165) is 59.1 Å². The fourth-order valence-electron chi connectivity index (χ4n) is 4.89. The second kappa shape index (κ2) is 8.06. The Labute approximate surface area is 197 Å². The lowest BCUT2D eigenvalue weighted by Gasteiger charge is -2.47. The van der Waals surface area contributed by atoms with Gasteiger partial charge in [0.05, 0.1) is 28.1 Å². The molecule has 2 fully saturated rings. The van der Waals surface area contributed by atoms with Crippen LogP contribution in [0.3, 0.4) is 0 Å². The van der Waals surface area contributed by atoms with E-state index in [2.05, 4.69) is 42.9 Å². The molecule has 2 aliphatic rings. The van der Waals surface area contributed by atoms with Crippen molar-refractivity contribution in [2.75, 3.05) is 6.54 Å². The third-order valence-corrected chi connectivity index (χ3v) is 7.22. The predicted molar refractivity (Wildman–Crippen MR) is 131 cm³/mol. The highest BCUT2D eigenvalue weighted by molar-refractivity contribution is 5.94. The van der Waals surface area contributed by atoms with Crippen LogP contribution in [0.1, 0.15) is 54.3 Å². The monoisotopic (exact) mass is 456 g/mol. The largest absolute Gasteiger partial charge is 0.348 e. The van der Waals surface area contributed by atoms with Crippen molar-refractivity contribution in [1.29, 1.82) is 0 Å². The van der Waals surface area contributed by atoms with Crippen molar-refractivity contribution in [2.24, 2.45) is 0 Å². The lowest BCUT2D eigenvalue weighted by atomic mass is 9.96. The molecule has 8 nitrogen and oxygen atoms in total. The SMILES string of the molecule is CCc1cc2ncc(CN3C[C@H](n4ccc5nc(C(=O)NC6CC6)ccc54)[C@H]3C)cc2[nH]c1=O. The van der Waals surface area contributed by atoms with Crippen molar-refractivity contribution in [1.82, 2.24) is 29.7 Å². The number of nitrogens with zero attached hydrogens (tertiary/aromatic N) is 4. The minimum absolute atomic E-state index is 0.0346. The molecule has 0 spiro atoms. The average molecular weight is 457 g/mol. The van der Waals surface area contributed by atoms with E-state index in [-0.39, 0.29) is 11.5 Å². The van der Waals surface area contributed by atoms with E-state index in [1.54, 1.807) is 0 Å².